The Morgan fingerprint density at radius 2 is 1.95 bits per heavy atom. The number of nitrogens with one attached hydrogen (secondary N) is 1. The van der Waals surface area contributed by atoms with Crippen LogP contribution in [0.25, 0.3) is 0 Å². The van der Waals surface area contributed by atoms with Crippen molar-refractivity contribution in [2.24, 2.45) is 0 Å². The van der Waals surface area contributed by atoms with E-state index in [-0.39, 0.29) is 18.3 Å². The lowest BCUT2D eigenvalue weighted by Gasteiger charge is -2.14. The van der Waals surface area contributed by atoms with Crippen molar-refractivity contribution in [3.05, 3.63) is 75.6 Å². The molecule has 0 saturated carbocycles. The Kier molecular flexibility index (Phi) is 4.42. The minimum absolute atomic E-state index is 0.0269. The molecule has 0 aliphatic heterocycles. The van der Waals surface area contributed by atoms with Crippen molar-refractivity contribution >= 4 is 5.69 Å². The van der Waals surface area contributed by atoms with Crippen molar-refractivity contribution in [3.8, 4) is 0 Å². The Morgan fingerprint density at radius 1 is 1.25 bits per heavy atom. The molecule has 0 bridgehead atoms. The summed E-state index contributed by atoms with van der Waals surface area (Å²) in [7, 11) is 0. The van der Waals surface area contributed by atoms with E-state index in [0.29, 0.717) is 5.56 Å². The predicted molar refractivity (Wildman–Crippen MR) is 74.8 cm³/mol. The van der Waals surface area contributed by atoms with Crippen molar-refractivity contribution in [2.75, 3.05) is 0 Å². The lowest BCUT2D eigenvalue weighted by Crippen LogP contribution is -2.18. The molecule has 2 aromatic rings. The van der Waals surface area contributed by atoms with Gasteiger partial charge in [-0.15, -0.1) is 0 Å². The molecule has 0 heterocycles. The van der Waals surface area contributed by atoms with Crippen LogP contribution in [0.2, 0.25) is 0 Å². The van der Waals surface area contributed by atoms with Crippen molar-refractivity contribution < 1.29 is 9.31 Å². The minimum Gasteiger partial charge on any atom is -0.306 e. The third-order valence-electron chi connectivity index (χ3n) is 3.14. The summed E-state index contributed by atoms with van der Waals surface area (Å²) in [5.41, 5.74) is 1.35. The van der Waals surface area contributed by atoms with Crippen LogP contribution in [0.5, 0.6) is 0 Å². The van der Waals surface area contributed by atoms with E-state index in [4.69, 9.17) is 0 Å². The van der Waals surface area contributed by atoms with Crippen LogP contribution in [0, 0.1) is 15.9 Å². The normalized spacial score (nSPS) is 12.1. The number of nitro benzene ring substituents is 1. The second-order valence-corrected chi connectivity index (χ2v) is 4.54. The van der Waals surface area contributed by atoms with E-state index in [1.54, 1.807) is 0 Å². The second kappa shape index (κ2) is 6.25. The SMILES string of the molecule is C[C@@H](NCc1cc(F)ccc1[N+](=O)[O-])c1ccccc1. The molecule has 1 N–H and O–H groups in total. The first-order valence-electron chi connectivity index (χ1n) is 6.29. The summed E-state index contributed by atoms with van der Waals surface area (Å²) in [4.78, 5) is 10.4. The van der Waals surface area contributed by atoms with Gasteiger partial charge in [0.2, 0.25) is 0 Å². The monoisotopic (exact) mass is 274 g/mol. The molecule has 20 heavy (non-hydrogen) atoms. The van der Waals surface area contributed by atoms with Crippen molar-refractivity contribution in [3.63, 3.8) is 0 Å². The zero-order valence-corrected chi connectivity index (χ0v) is 11.0. The van der Waals surface area contributed by atoms with Crippen LogP contribution in [-0.2, 0) is 6.54 Å². The van der Waals surface area contributed by atoms with E-state index in [2.05, 4.69) is 5.32 Å². The first-order valence-corrected chi connectivity index (χ1v) is 6.29. The predicted octanol–water partition coefficient (Wildman–Crippen LogP) is 3.58. The lowest BCUT2D eigenvalue weighted by molar-refractivity contribution is -0.385. The van der Waals surface area contributed by atoms with Gasteiger partial charge in [0.1, 0.15) is 5.82 Å². The molecule has 0 radical (unpaired) electrons. The van der Waals surface area contributed by atoms with Gasteiger partial charge in [-0.05, 0) is 24.6 Å². The number of rotatable bonds is 5. The summed E-state index contributed by atoms with van der Waals surface area (Å²) in [6, 6.07) is 13.2. The van der Waals surface area contributed by atoms with E-state index in [9.17, 15) is 14.5 Å². The van der Waals surface area contributed by atoms with Gasteiger partial charge >= 0.3 is 0 Å². The van der Waals surface area contributed by atoms with Gasteiger partial charge in [0.05, 0.1) is 4.92 Å². The molecule has 0 aliphatic rings. The summed E-state index contributed by atoms with van der Waals surface area (Å²) in [6.45, 7) is 2.20. The zero-order valence-electron chi connectivity index (χ0n) is 11.0. The summed E-state index contributed by atoms with van der Waals surface area (Å²) >= 11 is 0. The molecule has 104 valence electrons. The van der Waals surface area contributed by atoms with Crippen LogP contribution in [0.4, 0.5) is 10.1 Å². The van der Waals surface area contributed by atoms with Gasteiger partial charge in [0.15, 0.2) is 0 Å². The standard InChI is InChI=1S/C15H15FN2O2/c1-11(12-5-3-2-4-6-12)17-10-13-9-14(16)7-8-15(13)18(19)20/h2-9,11,17H,10H2,1H3/t11-/m1/s1. The minimum atomic E-state index is -0.496. The van der Waals surface area contributed by atoms with Crippen LogP contribution in [-0.4, -0.2) is 4.92 Å². The molecule has 0 spiro atoms. The first kappa shape index (κ1) is 14.1. The van der Waals surface area contributed by atoms with E-state index in [1.807, 2.05) is 37.3 Å². The molecule has 0 aromatic heterocycles. The third kappa shape index (κ3) is 3.39. The Morgan fingerprint density at radius 3 is 2.60 bits per heavy atom. The van der Waals surface area contributed by atoms with E-state index >= 15 is 0 Å². The maximum Gasteiger partial charge on any atom is 0.274 e. The second-order valence-electron chi connectivity index (χ2n) is 4.54. The molecule has 0 fully saturated rings. The van der Waals surface area contributed by atoms with Crippen LogP contribution in [0.3, 0.4) is 0 Å². The van der Waals surface area contributed by atoms with Crippen LogP contribution in [0.15, 0.2) is 48.5 Å². The van der Waals surface area contributed by atoms with Gasteiger partial charge in [-0.2, -0.15) is 0 Å². The van der Waals surface area contributed by atoms with Crippen LogP contribution >= 0.6 is 0 Å². The van der Waals surface area contributed by atoms with Crippen LogP contribution < -0.4 is 5.32 Å². The van der Waals surface area contributed by atoms with Gasteiger partial charge < -0.3 is 5.32 Å². The summed E-state index contributed by atoms with van der Waals surface area (Å²) in [5.74, 6) is -0.472. The quantitative estimate of drug-likeness (QED) is 0.669. The van der Waals surface area contributed by atoms with Crippen molar-refractivity contribution in [1.29, 1.82) is 0 Å². The Hall–Kier alpha value is -2.27. The Balaban J connectivity index is 2.11. The number of halogens is 1. The number of hydrogen-bond acceptors (Lipinski definition) is 3. The smallest absolute Gasteiger partial charge is 0.274 e. The summed E-state index contributed by atoms with van der Waals surface area (Å²) < 4.78 is 13.2. The highest BCUT2D eigenvalue weighted by Crippen LogP contribution is 2.20. The van der Waals surface area contributed by atoms with Gasteiger partial charge in [-0.25, -0.2) is 4.39 Å². The lowest BCUT2D eigenvalue weighted by atomic mass is 10.1. The van der Waals surface area contributed by atoms with Gasteiger partial charge in [-0.3, -0.25) is 10.1 Å². The Labute approximate surface area is 116 Å². The maximum absolute atomic E-state index is 13.2. The molecular formula is C15H15FN2O2. The van der Waals surface area contributed by atoms with Crippen molar-refractivity contribution in [1.82, 2.24) is 5.32 Å². The number of benzene rings is 2. The van der Waals surface area contributed by atoms with Crippen LogP contribution in [0.1, 0.15) is 24.1 Å². The fourth-order valence-electron chi connectivity index (χ4n) is 2.00. The molecule has 0 unspecified atom stereocenters. The molecule has 5 heteroatoms. The largest absolute Gasteiger partial charge is 0.306 e. The molecule has 1 atom stereocenters. The van der Waals surface area contributed by atoms with Gasteiger partial charge in [0.25, 0.3) is 5.69 Å². The molecule has 0 aliphatic carbocycles. The molecule has 0 amide bonds. The fourth-order valence-corrected chi connectivity index (χ4v) is 2.00. The highest BCUT2D eigenvalue weighted by atomic mass is 19.1. The molecule has 0 saturated heterocycles. The number of hydrogen-bond donors (Lipinski definition) is 1. The van der Waals surface area contributed by atoms with E-state index in [1.165, 1.54) is 12.1 Å². The van der Waals surface area contributed by atoms with E-state index in [0.717, 1.165) is 11.6 Å². The maximum atomic E-state index is 13.2. The zero-order chi connectivity index (χ0) is 14.5. The highest BCUT2D eigenvalue weighted by Gasteiger charge is 2.15. The van der Waals surface area contributed by atoms with Gasteiger partial charge in [0, 0.05) is 24.2 Å². The summed E-state index contributed by atoms with van der Waals surface area (Å²) in [6.07, 6.45) is 0. The average Bonchev–Trinajstić information content (AvgIpc) is 2.45. The topological polar surface area (TPSA) is 55.2 Å². The number of nitrogens with zero attached hydrogens (tertiary/aromatic N) is 1. The highest BCUT2D eigenvalue weighted by molar-refractivity contribution is 5.40. The Bertz CT molecular complexity index is 602. The van der Waals surface area contributed by atoms with Gasteiger partial charge in [-0.1, -0.05) is 30.3 Å². The average molecular weight is 274 g/mol. The molecular weight excluding hydrogens is 259 g/mol. The summed E-state index contributed by atoms with van der Waals surface area (Å²) in [5, 5.41) is 14.1. The molecule has 2 aromatic carbocycles. The first-order chi connectivity index (χ1) is 9.58. The fraction of sp³-hybridized carbons (Fsp3) is 0.200. The number of nitro groups is 1. The molecule has 4 nitrogen and oxygen atoms in total. The molecule has 2 rings (SSSR count). The van der Waals surface area contributed by atoms with E-state index < -0.39 is 10.7 Å². The van der Waals surface area contributed by atoms with Crippen molar-refractivity contribution in [2.45, 2.75) is 19.5 Å². The third-order valence-corrected chi connectivity index (χ3v) is 3.14.